The molecule has 12 heavy (non-hydrogen) atoms. The first kappa shape index (κ1) is 11.9. The van der Waals surface area contributed by atoms with E-state index in [1.807, 2.05) is 27.8 Å². The molecule has 0 radical (unpaired) electrons. The minimum atomic E-state index is -0.177. The molecule has 0 rings (SSSR count). The molecule has 0 heterocycles. The van der Waals surface area contributed by atoms with Crippen LogP contribution in [0.5, 0.6) is 0 Å². The van der Waals surface area contributed by atoms with Gasteiger partial charge in [0.05, 0.1) is 18.2 Å². The minimum Gasteiger partial charge on any atom is -0.380 e. The predicted octanol–water partition coefficient (Wildman–Crippen LogP) is 1.04. The lowest BCUT2D eigenvalue weighted by molar-refractivity contribution is -0.0350. The van der Waals surface area contributed by atoms with E-state index in [0.29, 0.717) is 6.61 Å². The summed E-state index contributed by atoms with van der Waals surface area (Å²) in [5, 5.41) is 3.18. The Morgan fingerprint density at radius 2 is 2.00 bits per heavy atom. The molecule has 0 saturated heterocycles. The van der Waals surface area contributed by atoms with Gasteiger partial charge in [0.2, 0.25) is 0 Å². The van der Waals surface area contributed by atoms with Crippen LogP contribution in [0.25, 0.3) is 0 Å². The van der Waals surface area contributed by atoms with Gasteiger partial charge in [-0.15, -0.1) is 0 Å². The van der Waals surface area contributed by atoms with E-state index in [0.717, 1.165) is 6.61 Å². The van der Waals surface area contributed by atoms with Gasteiger partial charge in [-0.05, 0) is 27.8 Å². The number of likely N-dealkylation sites (N-methyl/N-ethyl adjacent to an activating group) is 1. The van der Waals surface area contributed by atoms with Crippen LogP contribution in [0.2, 0.25) is 0 Å². The van der Waals surface area contributed by atoms with E-state index in [2.05, 4.69) is 5.32 Å². The third kappa shape index (κ3) is 3.52. The highest BCUT2D eigenvalue weighted by molar-refractivity contribution is 4.83. The molecule has 0 aromatic heterocycles. The zero-order valence-corrected chi connectivity index (χ0v) is 8.81. The van der Waals surface area contributed by atoms with E-state index in [1.54, 1.807) is 7.11 Å². The molecule has 1 unspecified atom stereocenters. The van der Waals surface area contributed by atoms with Crippen LogP contribution in [0.15, 0.2) is 0 Å². The Balaban J connectivity index is 3.95. The van der Waals surface area contributed by atoms with Crippen LogP contribution in [0.3, 0.4) is 0 Å². The summed E-state index contributed by atoms with van der Waals surface area (Å²) in [4.78, 5) is 0. The third-order valence-electron chi connectivity index (χ3n) is 2.20. The minimum absolute atomic E-state index is 0.177. The molecule has 0 saturated carbocycles. The highest BCUT2D eigenvalue weighted by Crippen LogP contribution is 2.13. The van der Waals surface area contributed by atoms with Gasteiger partial charge in [0.1, 0.15) is 0 Å². The average Bonchev–Trinajstić information content (AvgIpc) is 2.05. The van der Waals surface area contributed by atoms with Gasteiger partial charge >= 0.3 is 0 Å². The van der Waals surface area contributed by atoms with Crippen LogP contribution < -0.4 is 5.32 Å². The maximum atomic E-state index is 5.35. The van der Waals surface area contributed by atoms with Crippen molar-refractivity contribution in [3.8, 4) is 0 Å². The molecule has 0 fully saturated rings. The first-order valence-corrected chi connectivity index (χ1v) is 4.38. The number of hydrogen-bond acceptors (Lipinski definition) is 3. The van der Waals surface area contributed by atoms with E-state index >= 15 is 0 Å². The number of ether oxygens (including phenoxy) is 2. The van der Waals surface area contributed by atoms with E-state index in [4.69, 9.17) is 9.47 Å². The van der Waals surface area contributed by atoms with E-state index in [1.165, 1.54) is 0 Å². The summed E-state index contributed by atoms with van der Waals surface area (Å²) >= 11 is 0. The van der Waals surface area contributed by atoms with Crippen LogP contribution in [0, 0.1) is 0 Å². The first-order chi connectivity index (χ1) is 5.58. The number of rotatable bonds is 6. The van der Waals surface area contributed by atoms with Crippen LogP contribution in [0.4, 0.5) is 0 Å². The molecule has 74 valence electrons. The number of hydrogen-bond donors (Lipinski definition) is 1. The van der Waals surface area contributed by atoms with Crippen molar-refractivity contribution in [1.82, 2.24) is 5.32 Å². The fourth-order valence-electron chi connectivity index (χ4n) is 1.01. The van der Waals surface area contributed by atoms with Crippen molar-refractivity contribution in [3.05, 3.63) is 0 Å². The second-order valence-corrected chi connectivity index (χ2v) is 3.31. The van der Waals surface area contributed by atoms with Gasteiger partial charge in [-0.1, -0.05) is 0 Å². The number of nitrogens with one attached hydrogen (secondary N) is 1. The Morgan fingerprint density at radius 1 is 1.42 bits per heavy atom. The van der Waals surface area contributed by atoms with Crippen molar-refractivity contribution in [2.75, 3.05) is 27.4 Å². The van der Waals surface area contributed by atoms with Gasteiger partial charge in [-0.25, -0.2) is 0 Å². The Labute approximate surface area is 75.4 Å². The maximum Gasteiger partial charge on any atom is 0.0797 e. The van der Waals surface area contributed by atoms with Crippen LogP contribution in [-0.4, -0.2) is 39.0 Å². The Morgan fingerprint density at radius 3 is 2.33 bits per heavy atom. The molecule has 3 nitrogen and oxygen atoms in total. The quantitative estimate of drug-likeness (QED) is 0.654. The van der Waals surface area contributed by atoms with Crippen LogP contribution in [-0.2, 0) is 9.47 Å². The molecule has 1 atom stereocenters. The Hall–Kier alpha value is -0.120. The molecule has 0 aromatic carbocycles. The molecule has 0 amide bonds. The van der Waals surface area contributed by atoms with E-state index < -0.39 is 0 Å². The highest BCUT2D eigenvalue weighted by atomic mass is 16.5. The smallest absolute Gasteiger partial charge is 0.0797 e. The van der Waals surface area contributed by atoms with Gasteiger partial charge in [0.25, 0.3) is 0 Å². The molecule has 0 bridgehead atoms. The normalized spacial score (nSPS) is 14.8. The molecule has 0 aliphatic rings. The van der Waals surface area contributed by atoms with Gasteiger partial charge in [-0.3, -0.25) is 0 Å². The highest BCUT2D eigenvalue weighted by Gasteiger charge is 2.27. The second-order valence-electron chi connectivity index (χ2n) is 3.31. The molecule has 0 aliphatic heterocycles. The average molecular weight is 175 g/mol. The van der Waals surface area contributed by atoms with E-state index in [9.17, 15) is 0 Å². The van der Waals surface area contributed by atoms with Crippen molar-refractivity contribution >= 4 is 0 Å². The maximum absolute atomic E-state index is 5.35. The lowest BCUT2D eigenvalue weighted by Gasteiger charge is -2.32. The van der Waals surface area contributed by atoms with Crippen molar-refractivity contribution < 1.29 is 9.47 Å². The predicted molar refractivity (Wildman–Crippen MR) is 50.4 cm³/mol. The summed E-state index contributed by atoms with van der Waals surface area (Å²) in [6.45, 7) is 7.53. The molecular formula is C9H21NO2. The first-order valence-electron chi connectivity index (χ1n) is 4.38. The van der Waals surface area contributed by atoms with Gasteiger partial charge < -0.3 is 14.8 Å². The van der Waals surface area contributed by atoms with Crippen molar-refractivity contribution in [3.63, 3.8) is 0 Å². The van der Waals surface area contributed by atoms with Gasteiger partial charge in [-0.2, -0.15) is 0 Å². The summed E-state index contributed by atoms with van der Waals surface area (Å²) in [6, 6.07) is 0.238. The Kier molecular flexibility index (Phi) is 5.46. The van der Waals surface area contributed by atoms with Gasteiger partial charge in [0, 0.05) is 13.7 Å². The summed E-state index contributed by atoms with van der Waals surface area (Å²) < 4.78 is 10.7. The fraction of sp³-hybridized carbons (Fsp3) is 1.00. The molecule has 1 N–H and O–H groups in total. The summed E-state index contributed by atoms with van der Waals surface area (Å²) in [5.41, 5.74) is -0.177. The molecular weight excluding hydrogens is 154 g/mol. The fourth-order valence-corrected chi connectivity index (χ4v) is 1.01. The lowest BCUT2D eigenvalue weighted by Crippen LogP contribution is -2.49. The summed E-state index contributed by atoms with van der Waals surface area (Å²) in [6.07, 6.45) is 0. The molecule has 3 heteroatoms. The standard InChI is InChI=1S/C9H21NO2/c1-6-12-7-8(10-4)9(2,3)11-5/h8,10H,6-7H2,1-5H3. The third-order valence-corrected chi connectivity index (χ3v) is 2.20. The SMILES string of the molecule is CCOCC(NC)C(C)(C)OC. The van der Waals surface area contributed by atoms with Crippen molar-refractivity contribution in [2.45, 2.75) is 32.4 Å². The monoisotopic (exact) mass is 175 g/mol. The summed E-state index contributed by atoms with van der Waals surface area (Å²) in [5.74, 6) is 0. The van der Waals surface area contributed by atoms with Crippen molar-refractivity contribution in [1.29, 1.82) is 0 Å². The summed E-state index contributed by atoms with van der Waals surface area (Å²) in [7, 11) is 3.64. The zero-order valence-electron chi connectivity index (χ0n) is 8.81. The van der Waals surface area contributed by atoms with Gasteiger partial charge in [0.15, 0.2) is 0 Å². The molecule has 0 aromatic rings. The second kappa shape index (κ2) is 5.51. The Bertz CT molecular complexity index is 115. The molecule has 0 aliphatic carbocycles. The zero-order chi connectivity index (χ0) is 9.61. The topological polar surface area (TPSA) is 30.5 Å². The largest absolute Gasteiger partial charge is 0.380 e. The van der Waals surface area contributed by atoms with Crippen LogP contribution >= 0.6 is 0 Å². The lowest BCUT2D eigenvalue weighted by atomic mass is 10.00. The van der Waals surface area contributed by atoms with Crippen molar-refractivity contribution in [2.24, 2.45) is 0 Å². The van der Waals surface area contributed by atoms with Crippen LogP contribution in [0.1, 0.15) is 20.8 Å². The van der Waals surface area contributed by atoms with E-state index in [-0.39, 0.29) is 11.6 Å². The number of methoxy groups -OCH3 is 1. The molecule has 0 spiro atoms.